The van der Waals surface area contributed by atoms with Crippen LogP contribution in [0, 0.1) is 5.92 Å². The number of carbonyl (C=O) groups excluding carboxylic acids is 1. The van der Waals surface area contributed by atoms with Gasteiger partial charge in [0.05, 0.1) is 0 Å². The lowest BCUT2D eigenvalue weighted by atomic mass is 9.95. The van der Waals surface area contributed by atoms with E-state index in [1.165, 1.54) is 31.2 Å². The van der Waals surface area contributed by atoms with E-state index >= 15 is 0 Å². The van der Waals surface area contributed by atoms with Gasteiger partial charge in [-0.2, -0.15) is 0 Å². The summed E-state index contributed by atoms with van der Waals surface area (Å²) in [4.78, 5) is 14.7. The Kier molecular flexibility index (Phi) is 4.98. The fraction of sp³-hybridized carbons (Fsp3) is 0.611. The van der Waals surface area contributed by atoms with Crippen molar-refractivity contribution in [2.24, 2.45) is 5.92 Å². The quantitative estimate of drug-likeness (QED) is 0.840. The number of rotatable bonds is 4. The van der Waals surface area contributed by atoms with Gasteiger partial charge in [0.2, 0.25) is 5.91 Å². The molecule has 1 aliphatic carbocycles. The molecule has 1 heterocycles. The maximum atomic E-state index is 12.3. The Bertz CT molecular complexity index is 503. The summed E-state index contributed by atoms with van der Waals surface area (Å²) in [5, 5.41) is 3.25. The molecule has 1 saturated carbocycles. The summed E-state index contributed by atoms with van der Waals surface area (Å²) in [6, 6.07) is 8.53. The van der Waals surface area contributed by atoms with E-state index in [0.29, 0.717) is 6.04 Å². The van der Waals surface area contributed by atoms with Crippen molar-refractivity contribution in [1.29, 1.82) is 0 Å². The molecule has 120 valence electrons. The number of hydrogen-bond acceptors (Lipinski definition) is 3. The van der Waals surface area contributed by atoms with Gasteiger partial charge in [-0.05, 0) is 56.5 Å². The standard InChI is InChI=1S/C18H27N3O/c19-16-5-3-4-14(12-16)13-21-10-8-15(9-11-21)18(22)20-17-6-1-2-7-17/h3-5,12,15,17H,1-2,6-11,13,19H2,(H,20,22). The third kappa shape index (κ3) is 4.01. The first kappa shape index (κ1) is 15.3. The van der Waals surface area contributed by atoms with E-state index in [1.807, 2.05) is 18.2 Å². The van der Waals surface area contributed by atoms with Gasteiger partial charge in [0.1, 0.15) is 0 Å². The fourth-order valence-electron chi connectivity index (χ4n) is 3.69. The zero-order chi connectivity index (χ0) is 15.4. The van der Waals surface area contributed by atoms with Gasteiger partial charge in [0.25, 0.3) is 0 Å². The fourth-order valence-corrected chi connectivity index (χ4v) is 3.69. The summed E-state index contributed by atoms with van der Waals surface area (Å²) >= 11 is 0. The Morgan fingerprint density at radius 2 is 1.91 bits per heavy atom. The molecule has 1 aliphatic heterocycles. The summed E-state index contributed by atoms with van der Waals surface area (Å²) in [5.41, 5.74) is 7.91. The molecule has 0 bridgehead atoms. The SMILES string of the molecule is Nc1cccc(CN2CCC(C(=O)NC3CCCC3)CC2)c1. The van der Waals surface area contributed by atoms with Gasteiger partial charge >= 0.3 is 0 Å². The second-order valence-electron chi connectivity index (χ2n) is 6.79. The van der Waals surface area contributed by atoms with Crippen molar-refractivity contribution >= 4 is 11.6 Å². The number of likely N-dealkylation sites (tertiary alicyclic amines) is 1. The smallest absolute Gasteiger partial charge is 0.223 e. The van der Waals surface area contributed by atoms with E-state index in [4.69, 9.17) is 5.73 Å². The molecule has 22 heavy (non-hydrogen) atoms. The molecule has 1 aromatic carbocycles. The first-order valence-corrected chi connectivity index (χ1v) is 8.58. The molecule has 3 rings (SSSR count). The van der Waals surface area contributed by atoms with Crippen molar-refractivity contribution < 1.29 is 4.79 Å². The minimum atomic E-state index is 0.206. The number of amides is 1. The zero-order valence-electron chi connectivity index (χ0n) is 13.3. The Morgan fingerprint density at radius 3 is 2.59 bits per heavy atom. The van der Waals surface area contributed by atoms with Crippen molar-refractivity contribution in [3.63, 3.8) is 0 Å². The van der Waals surface area contributed by atoms with Gasteiger partial charge in [-0.25, -0.2) is 0 Å². The number of anilines is 1. The lowest BCUT2D eigenvalue weighted by molar-refractivity contribution is -0.127. The Hall–Kier alpha value is -1.55. The van der Waals surface area contributed by atoms with E-state index in [0.717, 1.165) is 38.2 Å². The molecule has 0 aromatic heterocycles. The Morgan fingerprint density at radius 1 is 1.18 bits per heavy atom. The molecular weight excluding hydrogens is 274 g/mol. The minimum absolute atomic E-state index is 0.206. The van der Waals surface area contributed by atoms with Crippen LogP contribution in [0.5, 0.6) is 0 Å². The Labute approximate surface area is 133 Å². The van der Waals surface area contributed by atoms with Gasteiger partial charge in [-0.1, -0.05) is 25.0 Å². The monoisotopic (exact) mass is 301 g/mol. The van der Waals surface area contributed by atoms with E-state index in [9.17, 15) is 4.79 Å². The molecule has 0 atom stereocenters. The Balaban J connectivity index is 1.44. The topological polar surface area (TPSA) is 58.4 Å². The van der Waals surface area contributed by atoms with E-state index in [2.05, 4.69) is 16.3 Å². The van der Waals surface area contributed by atoms with Gasteiger partial charge < -0.3 is 11.1 Å². The maximum Gasteiger partial charge on any atom is 0.223 e. The van der Waals surface area contributed by atoms with Crippen LogP contribution in [-0.2, 0) is 11.3 Å². The average Bonchev–Trinajstić information content (AvgIpc) is 3.01. The third-order valence-electron chi connectivity index (χ3n) is 5.02. The van der Waals surface area contributed by atoms with E-state index < -0.39 is 0 Å². The van der Waals surface area contributed by atoms with Crippen molar-refractivity contribution in [3.05, 3.63) is 29.8 Å². The number of benzene rings is 1. The second-order valence-corrected chi connectivity index (χ2v) is 6.79. The molecule has 4 heteroatoms. The van der Waals surface area contributed by atoms with Crippen LogP contribution in [-0.4, -0.2) is 29.9 Å². The lowest BCUT2D eigenvalue weighted by Crippen LogP contribution is -2.42. The highest BCUT2D eigenvalue weighted by molar-refractivity contribution is 5.79. The molecule has 2 aliphatic rings. The molecule has 1 amide bonds. The van der Waals surface area contributed by atoms with Crippen LogP contribution in [0.2, 0.25) is 0 Å². The number of nitrogen functional groups attached to an aromatic ring is 1. The summed E-state index contributed by atoms with van der Waals surface area (Å²) < 4.78 is 0. The van der Waals surface area contributed by atoms with Crippen LogP contribution in [0.1, 0.15) is 44.1 Å². The van der Waals surface area contributed by atoms with Crippen LogP contribution in [0.4, 0.5) is 5.69 Å². The number of nitrogens with zero attached hydrogens (tertiary/aromatic N) is 1. The molecule has 4 nitrogen and oxygen atoms in total. The number of piperidine rings is 1. The molecule has 2 fully saturated rings. The number of nitrogens with two attached hydrogens (primary N) is 1. The van der Waals surface area contributed by atoms with Crippen LogP contribution >= 0.6 is 0 Å². The van der Waals surface area contributed by atoms with Gasteiger partial charge in [0.15, 0.2) is 0 Å². The van der Waals surface area contributed by atoms with Crippen molar-refractivity contribution in [1.82, 2.24) is 10.2 Å². The zero-order valence-corrected chi connectivity index (χ0v) is 13.3. The van der Waals surface area contributed by atoms with Crippen molar-refractivity contribution in [2.45, 2.75) is 51.1 Å². The molecular formula is C18H27N3O. The lowest BCUT2D eigenvalue weighted by Gasteiger charge is -2.32. The van der Waals surface area contributed by atoms with Crippen molar-refractivity contribution in [2.75, 3.05) is 18.8 Å². The number of hydrogen-bond donors (Lipinski definition) is 2. The molecule has 1 aromatic rings. The molecule has 3 N–H and O–H groups in total. The first-order chi connectivity index (χ1) is 10.7. The van der Waals surface area contributed by atoms with Gasteiger partial charge in [0, 0.05) is 24.2 Å². The van der Waals surface area contributed by atoms with Crippen molar-refractivity contribution in [3.8, 4) is 0 Å². The summed E-state index contributed by atoms with van der Waals surface area (Å²) in [7, 11) is 0. The van der Waals surface area contributed by atoms with Crippen LogP contribution in [0.3, 0.4) is 0 Å². The van der Waals surface area contributed by atoms with Crippen LogP contribution < -0.4 is 11.1 Å². The highest BCUT2D eigenvalue weighted by Gasteiger charge is 2.27. The molecule has 0 unspecified atom stereocenters. The average molecular weight is 301 g/mol. The summed E-state index contributed by atoms with van der Waals surface area (Å²) in [6.07, 6.45) is 6.81. The normalized spacial score (nSPS) is 21.1. The van der Waals surface area contributed by atoms with Gasteiger partial charge in [-0.15, -0.1) is 0 Å². The predicted octanol–water partition coefficient (Wildman–Crippen LogP) is 2.54. The van der Waals surface area contributed by atoms with Crippen LogP contribution in [0.25, 0.3) is 0 Å². The van der Waals surface area contributed by atoms with Gasteiger partial charge in [-0.3, -0.25) is 9.69 Å². The maximum absolute atomic E-state index is 12.3. The van der Waals surface area contributed by atoms with Crippen LogP contribution in [0.15, 0.2) is 24.3 Å². The highest BCUT2D eigenvalue weighted by Crippen LogP contribution is 2.22. The number of carbonyl (C=O) groups is 1. The third-order valence-corrected chi connectivity index (χ3v) is 5.02. The minimum Gasteiger partial charge on any atom is -0.399 e. The second kappa shape index (κ2) is 7.14. The summed E-state index contributed by atoms with van der Waals surface area (Å²) in [6.45, 7) is 2.93. The largest absolute Gasteiger partial charge is 0.399 e. The predicted molar refractivity (Wildman–Crippen MR) is 89.3 cm³/mol. The molecule has 1 saturated heterocycles. The highest BCUT2D eigenvalue weighted by atomic mass is 16.1. The van der Waals surface area contributed by atoms with E-state index in [1.54, 1.807) is 0 Å². The number of nitrogens with one attached hydrogen (secondary N) is 1. The summed E-state index contributed by atoms with van der Waals surface area (Å²) in [5.74, 6) is 0.494. The van der Waals surface area contributed by atoms with E-state index in [-0.39, 0.29) is 11.8 Å². The molecule has 0 spiro atoms. The molecule has 0 radical (unpaired) electrons. The first-order valence-electron chi connectivity index (χ1n) is 8.58.